The first-order valence-corrected chi connectivity index (χ1v) is 6.44. The molecule has 5 heteroatoms. The summed E-state index contributed by atoms with van der Waals surface area (Å²) in [5.41, 5.74) is 1.92. The van der Waals surface area contributed by atoms with Crippen molar-refractivity contribution in [2.24, 2.45) is 0 Å². The lowest BCUT2D eigenvalue weighted by molar-refractivity contribution is -0.126. The molecule has 2 amide bonds. The summed E-state index contributed by atoms with van der Waals surface area (Å²) in [5, 5.41) is 5.39. The van der Waals surface area contributed by atoms with Gasteiger partial charge in [-0.15, -0.1) is 0 Å². The molecule has 0 bridgehead atoms. The van der Waals surface area contributed by atoms with E-state index in [0.29, 0.717) is 6.42 Å². The molecular formula is C14H17FN2O2. The molecule has 0 aliphatic heterocycles. The first kappa shape index (κ1) is 13.5. The number of aryl methyl sites for hydroxylation is 1. The Balaban J connectivity index is 1.92. The molecule has 1 aromatic rings. The highest BCUT2D eigenvalue weighted by Gasteiger charge is 2.24. The smallest absolute Gasteiger partial charge is 0.239 e. The Morgan fingerprint density at radius 3 is 2.89 bits per heavy atom. The molecule has 4 nitrogen and oxygen atoms in total. The summed E-state index contributed by atoms with van der Waals surface area (Å²) in [6, 6.07) is 4.55. The molecule has 0 unspecified atom stereocenters. The molecule has 0 saturated heterocycles. The summed E-state index contributed by atoms with van der Waals surface area (Å²) in [4.78, 5) is 22.8. The van der Waals surface area contributed by atoms with Gasteiger partial charge in [0.15, 0.2) is 0 Å². The van der Waals surface area contributed by atoms with Crippen LogP contribution < -0.4 is 10.6 Å². The van der Waals surface area contributed by atoms with Crippen LogP contribution in [0.1, 0.15) is 36.9 Å². The van der Waals surface area contributed by atoms with E-state index in [1.807, 2.05) is 0 Å². The van der Waals surface area contributed by atoms with Crippen molar-refractivity contribution < 1.29 is 14.0 Å². The second-order valence-corrected chi connectivity index (χ2v) is 4.63. The van der Waals surface area contributed by atoms with Crippen molar-refractivity contribution in [1.29, 1.82) is 0 Å². The van der Waals surface area contributed by atoms with Crippen molar-refractivity contribution in [3.05, 3.63) is 35.1 Å². The topological polar surface area (TPSA) is 58.2 Å². The molecule has 0 radical (unpaired) electrons. The molecule has 0 spiro atoms. The van der Waals surface area contributed by atoms with Gasteiger partial charge >= 0.3 is 0 Å². The van der Waals surface area contributed by atoms with Crippen LogP contribution in [-0.4, -0.2) is 18.4 Å². The van der Waals surface area contributed by atoms with E-state index in [9.17, 15) is 14.0 Å². The minimum atomic E-state index is -0.249. The number of amides is 2. The highest BCUT2D eigenvalue weighted by molar-refractivity contribution is 5.84. The van der Waals surface area contributed by atoms with Gasteiger partial charge in [0.1, 0.15) is 5.82 Å². The highest BCUT2D eigenvalue weighted by Crippen LogP contribution is 2.31. The van der Waals surface area contributed by atoms with Crippen LogP contribution in [0.3, 0.4) is 0 Å². The Morgan fingerprint density at radius 1 is 1.37 bits per heavy atom. The normalized spacial score (nSPS) is 16.8. The molecule has 1 aliphatic carbocycles. The van der Waals surface area contributed by atoms with E-state index in [4.69, 9.17) is 0 Å². The minimum Gasteiger partial charge on any atom is -0.348 e. The van der Waals surface area contributed by atoms with Crippen molar-refractivity contribution in [1.82, 2.24) is 10.6 Å². The molecule has 19 heavy (non-hydrogen) atoms. The zero-order chi connectivity index (χ0) is 13.8. The molecule has 1 aromatic carbocycles. The zero-order valence-electron chi connectivity index (χ0n) is 10.8. The van der Waals surface area contributed by atoms with Gasteiger partial charge in [-0.05, 0) is 36.1 Å². The second kappa shape index (κ2) is 5.82. The van der Waals surface area contributed by atoms with Crippen LogP contribution in [0.2, 0.25) is 0 Å². The fourth-order valence-electron chi connectivity index (χ4n) is 2.29. The molecule has 1 atom stereocenters. The molecule has 0 heterocycles. The van der Waals surface area contributed by atoms with Gasteiger partial charge in [-0.2, -0.15) is 0 Å². The minimum absolute atomic E-state index is 0.0142. The standard InChI is InChI=1S/C14H17FN2O2/c1-2-13(18)16-8-14(19)17-12-6-3-9-7-10(15)4-5-11(9)12/h4-5,7,12H,2-3,6,8H2,1H3,(H,16,18)(H,17,19)/t12-/m0/s1. The lowest BCUT2D eigenvalue weighted by atomic mass is 10.1. The maximum absolute atomic E-state index is 13.1. The van der Waals surface area contributed by atoms with E-state index >= 15 is 0 Å². The monoisotopic (exact) mass is 264 g/mol. The van der Waals surface area contributed by atoms with Crippen molar-refractivity contribution in [3.8, 4) is 0 Å². The molecule has 102 valence electrons. The van der Waals surface area contributed by atoms with Crippen LogP contribution in [0.15, 0.2) is 18.2 Å². The largest absolute Gasteiger partial charge is 0.348 e. The van der Waals surface area contributed by atoms with Gasteiger partial charge in [-0.3, -0.25) is 9.59 Å². The van der Waals surface area contributed by atoms with Crippen molar-refractivity contribution in [2.75, 3.05) is 6.54 Å². The Morgan fingerprint density at radius 2 is 2.16 bits per heavy atom. The van der Waals surface area contributed by atoms with E-state index < -0.39 is 0 Å². The number of hydrogen-bond acceptors (Lipinski definition) is 2. The van der Waals surface area contributed by atoms with Gasteiger partial charge in [0.25, 0.3) is 0 Å². The summed E-state index contributed by atoms with van der Waals surface area (Å²) in [6.07, 6.45) is 1.89. The quantitative estimate of drug-likeness (QED) is 0.865. The third-order valence-corrected chi connectivity index (χ3v) is 3.29. The van der Waals surface area contributed by atoms with Gasteiger partial charge in [-0.25, -0.2) is 4.39 Å². The third kappa shape index (κ3) is 3.30. The molecule has 2 rings (SSSR count). The van der Waals surface area contributed by atoms with E-state index in [2.05, 4.69) is 10.6 Å². The number of fused-ring (bicyclic) bond motifs is 1. The first-order valence-electron chi connectivity index (χ1n) is 6.44. The molecule has 0 fully saturated rings. The SMILES string of the molecule is CCC(=O)NCC(=O)N[C@H]1CCc2cc(F)ccc21. The molecular weight excluding hydrogens is 247 g/mol. The molecule has 0 saturated carbocycles. The van der Waals surface area contributed by atoms with Crippen molar-refractivity contribution >= 4 is 11.8 Å². The van der Waals surface area contributed by atoms with Gasteiger partial charge in [0.05, 0.1) is 12.6 Å². The fourth-order valence-corrected chi connectivity index (χ4v) is 2.29. The van der Waals surface area contributed by atoms with Crippen LogP contribution in [-0.2, 0) is 16.0 Å². The number of carbonyl (C=O) groups excluding carboxylic acids is 2. The molecule has 1 aliphatic rings. The predicted molar refractivity (Wildman–Crippen MR) is 68.9 cm³/mol. The lowest BCUT2D eigenvalue weighted by Crippen LogP contribution is -2.37. The Labute approximate surface area is 111 Å². The summed E-state index contributed by atoms with van der Waals surface area (Å²) < 4.78 is 13.1. The Hall–Kier alpha value is -1.91. The summed E-state index contributed by atoms with van der Waals surface area (Å²) in [5.74, 6) is -0.617. The van der Waals surface area contributed by atoms with Gasteiger partial charge in [-0.1, -0.05) is 13.0 Å². The van der Waals surface area contributed by atoms with Crippen molar-refractivity contribution in [2.45, 2.75) is 32.2 Å². The summed E-state index contributed by atoms with van der Waals surface area (Å²) in [7, 11) is 0. The van der Waals surface area contributed by atoms with E-state index in [1.165, 1.54) is 12.1 Å². The molecule has 0 aromatic heterocycles. The number of carbonyl (C=O) groups is 2. The predicted octanol–water partition coefficient (Wildman–Crippen LogP) is 1.46. The van der Waals surface area contributed by atoms with Crippen LogP contribution in [0.4, 0.5) is 4.39 Å². The van der Waals surface area contributed by atoms with Gasteiger partial charge < -0.3 is 10.6 Å². The van der Waals surface area contributed by atoms with Crippen LogP contribution in [0, 0.1) is 5.82 Å². The Kier molecular flexibility index (Phi) is 4.14. The summed E-state index contributed by atoms with van der Waals surface area (Å²) in [6.45, 7) is 1.72. The summed E-state index contributed by atoms with van der Waals surface area (Å²) >= 11 is 0. The average Bonchev–Trinajstić information content (AvgIpc) is 2.78. The van der Waals surface area contributed by atoms with E-state index in [1.54, 1.807) is 13.0 Å². The average molecular weight is 264 g/mol. The lowest BCUT2D eigenvalue weighted by Gasteiger charge is -2.14. The van der Waals surface area contributed by atoms with Gasteiger partial charge in [0, 0.05) is 6.42 Å². The third-order valence-electron chi connectivity index (χ3n) is 3.29. The van der Waals surface area contributed by atoms with Crippen LogP contribution in [0.25, 0.3) is 0 Å². The zero-order valence-corrected chi connectivity index (χ0v) is 10.8. The van der Waals surface area contributed by atoms with Gasteiger partial charge in [0.2, 0.25) is 11.8 Å². The number of hydrogen-bond donors (Lipinski definition) is 2. The first-order chi connectivity index (χ1) is 9.10. The molecule has 2 N–H and O–H groups in total. The number of rotatable bonds is 4. The second-order valence-electron chi connectivity index (χ2n) is 4.63. The van der Waals surface area contributed by atoms with E-state index in [0.717, 1.165) is 24.0 Å². The highest BCUT2D eigenvalue weighted by atomic mass is 19.1. The Bertz CT molecular complexity index is 502. The maximum Gasteiger partial charge on any atom is 0.239 e. The number of nitrogens with one attached hydrogen (secondary N) is 2. The van der Waals surface area contributed by atoms with Crippen molar-refractivity contribution in [3.63, 3.8) is 0 Å². The van der Waals surface area contributed by atoms with E-state index in [-0.39, 0.29) is 30.2 Å². The number of halogens is 1. The van der Waals surface area contributed by atoms with Crippen LogP contribution in [0.5, 0.6) is 0 Å². The van der Waals surface area contributed by atoms with Crippen LogP contribution >= 0.6 is 0 Å². The number of benzene rings is 1. The fraction of sp³-hybridized carbons (Fsp3) is 0.429. The maximum atomic E-state index is 13.1.